The van der Waals surface area contributed by atoms with E-state index in [1.54, 1.807) is 0 Å². The van der Waals surface area contributed by atoms with E-state index in [0.29, 0.717) is 24.3 Å². The van der Waals surface area contributed by atoms with Gasteiger partial charge in [-0.2, -0.15) is 0 Å². The summed E-state index contributed by atoms with van der Waals surface area (Å²) < 4.78 is 0. The predicted molar refractivity (Wildman–Crippen MR) is 89.4 cm³/mol. The largest absolute Gasteiger partial charge is 0.356 e. The van der Waals surface area contributed by atoms with Crippen molar-refractivity contribution in [3.8, 4) is 0 Å². The minimum Gasteiger partial charge on any atom is -0.356 e. The molecule has 2 aliphatic carbocycles. The summed E-state index contributed by atoms with van der Waals surface area (Å²) in [4.78, 5) is 26.7. The molecule has 5 nitrogen and oxygen atoms in total. The summed E-state index contributed by atoms with van der Waals surface area (Å²) >= 11 is 0. The summed E-state index contributed by atoms with van der Waals surface area (Å²) in [5, 5.41) is 3.02. The van der Waals surface area contributed by atoms with Crippen LogP contribution in [0, 0.1) is 29.6 Å². The average molecular weight is 321 g/mol. The van der Waals surface area contributed by atoms with E-state index in [-0.39, 0.29) is 29.7 Å². The van der Waals surface area contributed by atoms with Crippen LogP contribution in [0.4, 0.5) is 0 Å². The number of hydrogen-bond acceptors (Lipinski definition) is 3. The van der Waals surface area contributed by atoms with E-state index >= 15 is 0 Å². The third-order valence-electron chi connectivity index (χ3n) is 6.19. The third kappa shape index (κ3) is 3.39. The highest BCUT2D eigenvalue weighted by Crippen LogP contribution is 2.48. The monoisotopic (exact) mass is 321 g/mol. The van der Waals surface area contributed by atoms with Crippen molar-refractivity contribution in [1.29, 1.82) is 0 Å². The van der Waals surface area contributed by atoms with Crippen LogP contribution in [-0.2, 0) is 9.59 Å². The summed E-state index contributed by atoms with van der Waals surface area (Å²) in [6.45, 7) is 6.13. The molecular weight excluding hydrogens is 290 g/mol. The van der Waals surface area contributed by atoms with E-state index in [2.05, 4.69) is 5.32 Å². The molecule has 3 fully saturated rings. The fourth-order valence-electron chi connectivity index (χ4n) is 4.79. The molecule has 0 aromatic rings. The van der Waals surface area contributed by atoms with Gasteiger partial charge in [-0.15, -0.1) is 0 Å². The second-order valence-corrected chi connectivity index (χ2v) is 8.13. The molecule has 5 heteroatoms. The highest BCUT2D eigenvalue weighted by Gasteiger charge is 2.50. The van der Waals surface area contributed by atoms with Crippen LogP contribution < -0.4 is 11.1 Å². The number of nitrogens with zero attached hydrogens (tertiary/aromatic N) is 1. The Morgan fingerprint density at radius 3 is 2.61 bits per heavy atom. The van der Waals surface area contributed by atoms with Crippen molar-refractivity contribution in [3.05, 3.63) is 0 Å². The number of hydrogen-bond donors (Lipinski definition) is 2. The lowest BCUT2D eigenvalue weighted by Gasteiger charge is -2.37. The molecule has 3 aliphatic rings. The Bertz CT molecular complexity index is 463. The van der Waals surface area contributed by atoms with Gasteiger partial charge in [0, 0.05) is 31.6 Å². The Kier molecular flexibility index (Phi) is 4.95. The number of carbonyl (C=O) groups excluding carboxylic acids is 2. The molecule has 2 amide bonds. The van der Waals surface area contributed by atoms with Gasteiger partial charge in [-0.25, -0.2) is 0 Å². The van der Waals surface area contributed by atoms with Gasteiger partial charge in [-0.3, -0.25) is 9.59 Å². The van der Waals surface area contributed by atoms with E-state index in [4.69, 9.17) is 5.73 Å². The fourth-order valence-corrected chi connectivity index (χ4v) is 4.79. The van der Waals surface area contributed by atoms with Crippen molar-refractivity contribution < 1.29 is 9.59 Å². The first-order chi connectivity index (χ1) is 11.0. The minimum atomic E-state index is 0.0170. The van der Waals surface area contributed by atoms with Crippen LogP contribution in [-0.4, -0.2) is 42.4 Å². The molecule has 5 unspecified atom stereocenters. The van der Waals surface area contributed by atoms with Gasteiger partial charge in [0.05, 0.1) is 5.92 Å². The summed E-state index contributed by atoms with van der Waals surface area (Å²) in [5.41, 5.74) is 6.33. The van der Waals surface area contributed by atoms with Gasteiger partial charge < -0.3 is 16.0 Å². The van der Waals surface area contributed by atoms with E-state index in [9.17, 15) is 9.59 Å². The zero-order valence-electron chi connectivity index (χ0n) is 14.5. The first kappa shape index (κ1) is 16.7. The molecule has 5 atom stereocenters. The summed E-state index contributed by atoms with van der Waals surface area (Å²) in [5.74, 6) is 1.92. The second-order valence-electron chi connectivity index (χ2n) is 8.13. The van der Waals surface area contributed by atoms with E-state index in [1.165, 1.54) is 12.8 Å². The lowest BCUT2D eigenvalue weighted by atomic mass is 9.83. The van der Waals surface area contributed by atoms with Crippen LogP contribution in [0.15, 0.2) is 0 Å². The molecule has 3 N–H and O–H groups in total. The number of piperidine rings is 1. The van der Waals surface area contributed by atoms with Crippen molar-refractivity contribution in [2.45, 2.75) is 52.0 Å². The fraction of sp³-hybridized carbons (Fsp3) is 0.889. The van der Waals surface area contributed by atoms with Gasteiger partial charge in [-0.1, -0.05) is 13.8 Å². The molecule has 1 aliphatic heterocycles. The van der Waals surface area contributed by atoms with Gasteiger partial charge in [0.25, 0.3) is 0 Å². The molecule has 2 saturated carbocycles. The van der Waals surface area contributed by atoms with Crippen LogP contribution in [0.2, 0.25) is 0 Å². The topological polar surface area (TPSA) is 75.4 Å². The maximum absolute atomic E-state index is 13.0. The van der Waals surface area contributed by atoms with Crippen LogP contribution in [0.3, 0.4) is 0 Å². The molecule has 2 bridgehead atoms. The number of likely N-dealkylation sites (tertiary alicyclic amines) is 1. The lowest BCUT2D eigenvalue weighted by Crippen LogP contribution is -2.51. The number of rotatable bonds is 4. The molecule has 1 heterocycles. The Balaban J connectivity index is 1.54. The SMILES string of the molecule is CC(C)C(=O)NCC1CCCN(C(=O)C2C3CCC(C3)C2N)C1. The molecule has 0 aromatic heterocycles. The smallest absolute Gasteiger partial charge is 0.227 e. The van der Waals surface area contributed by atoms with Gasteiger partial charge >= 0.3 is 0 Å². The van der Waals surface area contributed by atoms with E-state index in [1.807, 2.05) is 18.7 Å². The van der Waals surface area contributed by atoms with Crippen LogP contribution >= 0.6 is 0 Å². The number of nitrogens with two attached hydrogens (primary N) is 1. The Morgan fingerprint density at radius 2 is 1.96 bits per heavy atom. The molecule has 0 spiro atoms. The van der Waals surface area contributed by atoms with Gasteiger partial charge in [0.1, 0.15) is 0 Å². The summed E-state index contributed by atoms with van der Waals surface area (Å²) in [7, 11) is 0. The Morgan fingerprint density at radius 1 is 1.22 bits per heavy atom. The summed E-state index contributed by atoms with van der Waals surface area (Å²) in [6, 6.07) is 0.0715. The van der Waals surface area contributed by atoms with Crippen molar-refractivity contribution >= 4 is 11.8 Å². The van der Waals surface area contributed by atoms with Crippen LogP contribution in [0.25, 0.3) is 0 Å². The average Bonchev–Trinajstić information content (AvgIpc) is 3.13. The van der Waals surface area contributed by atoms with Crippen molar-refractivity contribution in [3.63, 3.8) is 0 Å². The van der Waals surface area contributed by atoms with Gasteiger partial charge in [-0.05, 0) is 49.9 Å². The number of amides is 2. The lowest BCUT2D eigenvalue weighted by molar-refractivity contribution is -0.139. The maximum Gasteiger partial charge on any atom is 0.227 e. The zero-order chi connectivity index (χ0) is 16.6. The van der Waals surface area contributed by atoms with Crippen LogP contribution in [0.1, 0.15) is 46.0 Å². The van der Waals surface area contributed by atoms with E-state index in [0.717, 1.165) is 32.4 Å². The van der Waals surface area contributed by atoms with Crippen molar-refractivity contribution in [1.82, 2.24) is 10.2 Å². The van der Waals surface area contributed by atoms with Crippen molar-refractivity contribution in [2.75, 3.05) is 19.6 Å². The number of nitrogens with one attached hydrogen (secondary N) is 1. The highest BCUT2D eigenvalue weighted by molar-refractivity contribution is 5.81. The predicted octanol–water partition coefficient (Wildman–Crippen LogP) is 1.37. The van der Waals surface area contributed by atoms with Gasteiger partial charge in [0.2, 0.25) is 11.8 Å². The normalized spacial score (nSPS) is 36.5. The zero-order valence-corrected chi connectivity index (χ0v) is 14.5. The van der Waals surface area contributed by atoms with Gasteiger partial charge in [0.15, 0.2) is 0 Å². The molecule has 0 aromatic carbocycles. The highest BCUT2D eigenvalue weighted by atomic mass is 16.2. The quantitative estimate of drug-likeness (QED) is 0.821. The second kappa shape index (κ2) is 6.80. The molecule has 3 rings (SSSR count). The number of carbonyl (C=O) groups is 2. The minimum absolute atomic E-state index is 0.0170. The Hall–Kier alpha value is -1.10. The molecular formula is C18H31N3O2. The third-order valence-corrected chi connectivity index (χ3v) is 6.19. The van der Waals surface area contributed by atoms with E-state index < -0.39 is 0 Å². The maximum atomic E-state index is 13.0. The molecule has 0 radical (unpaired) electrons. The first-order valence-corrected chi connectivity index (χ1v) is 9.29. The molecule has 130 valence electrons. The first-order valence-electron chi connectivity index (χ1n) is 9.29. The summed E-state index contributed by atoms with van der Waals surface area (Å²) in [6.07, 6.45) is 5.66. The Labute approximate surface area is 139 Å². The van der Waals surface area contributed by atoms with Crippen LogP contribution in [0.5, 0.6) is 0 Å². The molecule has 1 saturated heterocycles. The standard InChI is InChI=1S/C18H31N3O2/c1-11(2)17(22)20-9-12-4-3-7-21(10-12)18(23)15-13-5-6-14(8-13)16(15)19/h11-16H,3-10,19H2,1-2H3,(H,20,22). The van der Waals surface area contributed by atoms with Crippen molar-refractivity contribution in [2.24, 2.45) is 35.3 Å². The molecule has 23 heavy (non-hydrogen) atoms. The number of fused-ring (bicyclic) bond motifs is 2.